The van der Waals surface area contributed by atoms with Crippen molar-refractivity contribution in [1.82, 2.24) is 15.0 Å². The Hall–Kier alpha value is -3.06. The van der Waals surface area contributed by atoms with Crippen LogP contribution in [-0.4, -0.2) is 34.0 Å². The second-order valence-electron chi connectivity index (χ2n) is 7.09. The number of nitrogens with one attached hydrogen (secondary N) is 2. The number of nitrogens with zero attached hydrogens (tertiary/aromatic N) is 2. The van der Waals surface area contributed by atoms with Crippen LogP contribution < -0.4 is 15.8 Å². The largest absolute Gasteiger partial charge is 0.496 e. The zero-order chi connectivity index (χ0) is 20.4. The van der Waals surface area contributed by atoms with E-state index in [1.54, 1.807) is 13.3 Å². The molecule has 7 nitrogen and oxygen atoms in total. The van der Waals surface area contributed by atoms with Crippen molar-refractivity contribution in [1.29, 1.82) is 0 Å². The maximum Gasteiger partial charge on any atom is 0.217 e. The fourth-order valence-electron chi connectivity index (χ4n) is 3.76. The number of hydrogen-bond donors (Lipinski definition) is 3. The van der Waals surface area contributed by atoms with Crippen molar-refractivity contribution in [3.63, 3.8) is 0 Å². The highest BCUT2D eigenvalue weighted by Crippen LogP contribution is 2.35. The maximum atomic E-state index is 11.5. The Bertz CT molecular complexity index is 1080. The molecule has 2 unspecified atom stereocenters. The lowest BCUT2D eigenvalue weighted by Gasteiger charge is -2.29. The van der Waals surface area contributed by atoms with Crippen molar-refractivity contribution in [2.45, 2.75) is 25.3 Å². The Labute approximate surface area is 173 Å². The van der Waals surface area contributed by atoms with Crippen molar-refractivity contribution in [3.05, 3.63) is 47.6 Å². The van der Waals surface area contributed by atoms with Gasteiger partial charge in [-0.1, -0.05) is 35.9 Å². The van der Waals surface area contributed by atoms with Crippen LogP contribution in [0.4, 0.5) is 5.69 Å². The summed E-state index contributed by atoms with van der Waals surface area (Å²) in [5.41, 5.74) is 8.26. The fourth-order valence-corrected chi connectivity index (χ4v) is 3.96. The molecule has 150 valence electrons. The van der Waals surface area contributed by atoms with E-state index in [2.05, 4.69) is 32.4 Å². The summed E-state index contributed by atoms with van der Waals surface area (Å²) < 4.78 is 5.45. The van der Waals surface area contributed by atoms with E-state index in [-0.39, 0.29) is 17.9 Å². The number of fused-ring (bicyclic) bond motifs is 1. The van der Waals surface area contributed by atoms with Gasteiger partial charge < -0.3 is 20.8 Å². The third-order valence-electron chi connectivity index (χ3n) is 5.19. The molecule has 0 radical (unpaired) electrons. The smallest absolute Gasteiger partial charge is 0.217 e. The quantitative estimate of drug-likeness (QED) is 0.533. The average molecular weight is 412 g/mol. The van der Waals surface area contributed by atoms with Gasteiger partial charge in [-0.25, -0.2) is 9.97 Å². The number of amides is 1. The Morgan fingerprint density at radius 2 is 2.14 bits per heavy atom. The number of carbonyl (C=O) groups is 1. The molecule has 4 N–H and O–H groups in total. The number of rotatable bonds is 6. The minimum Gasteiger partial charge on any atom is -0.496 e. The summed E-state index contributed by atoms with van der Waals surface area (Å²) in [6, 6.07) is 7.68. The normalized spacial score (nSPS) is 18.7. The Morgan fingerprint density at radius 3 is 2.93 bits per heavy atom. The van der Waals surface area contributed by atoms with E-state index < -0.39 is 0 Å². The first-order valence-corrected chi connectivity index (χ1v) is 9.82. The number of para-hydroxylation sites is 1. The number of benzene rings is 1. The zero-order valence-electron chi connectivity index (χ0n) is 16.0. The molecule has 2 aromatic heterocycles. The molecule has 3 aromatic rings. The third kappa shape index (κ3) is 3.91. The van der Waals surface area contributed by atoms with Gasteiger partial charge in [-0.3, -0.25) is 4.79 Å². The number of halogens is 1. The number of pyridine rings is 1. The topological polar surface area (TPSA) is 106 Å². The van der Waals surface area contributed by atoms with Crippen LogP contribution in [0, 0.1) is 5.92 Å². The van der Waals surface area contributed by atoms with Crippen LogP contribution in [0.2, 0.25) is 5.02 Å². The molecule has 1 aliphatic rings. The molecule has 2 heterocycles. The lowest BCUT2D eigenvalue weighted by atomic mass is 9.86. The van der Waals surface area contributed by atoms with Gasteiger partial charge in [0.2, 0.25) is 5.91 Å². The number of imidazole rings is 1. The second-order valence-corrected chi connectivity index (χ2v) is 7.50. The van der Waals surface area contributed by atoms with Gasteiger partial charge in [0, 0.05) is 12.5 Å². The van der Waals surface area contributed by atoms with E-state index in [1.807, 2.05) is 24.3 Å². The van der Waals surface area contributed by atoms with Crippen LogP contribution in [0.3, 0.4) is 0 Å². The molecule has 0 aliphatic heterocycles. The summed E-state index contributed by atoms with van der Waals surface area (Å²) in [5, 5.41) is 3.99. The van der Waals surface area contributed by atoms with Gasteiger partial charge in [0.15, 0.2) is 5.65 Å². The van der Waals surface area contributed by atoms with Gasteiger partial charge in [-0.2, -0.15) is 0 Å². The summed E-state index contributed by atoms with van der Waals surface area (Å²) in [6.45, 7) is 0. The van der Waals surface area contributed by atoms with Gasteiger partial charge in [-0.05, 0) is 30.9 Å². The number of aromatic nitrogens is 3. The van der Waals surface area contributed by atoms with Crippen molar-refractivity contribution >= 4 is 34.4 Å². The Balaban J connectivity index is 1.73. The number of anilines is 1. The predicted octanol–water partition coefficient (Wildman–Crippen LogP) is 3.91. The van der Waals surface area contributed by atoms with Gasteiger partial charge in [0.05, 0.1) is 29.6 Å². The molecule has 29 heavy (non-hydrogen) atoms. The van der Waals surface area contributed by atoms with Crippen molar-refractivity contribution in [3.8, 4) is 17.1 Å². The number of ether oxygens (including phenoxy) is 1. The van der Waals surface area contributed by atoms with Crippen LogP contribution in [0.1, 0.15) is 19.3 Å². The van der Waals surface area contributed by atoms with Crippen LogP contribution in [0.15, 0.2) is 42.6 Å². The predicted molar refractivity (Wildman–Crippen MR) is 114 cm³/mol. The standard InChI is InChI=1S/C21H22ClN5O2/c1-29-16-9-5-3-7-13(16)20-26-19-18(14(22)11-24-21(19)27-20)25-15-8-4-2-6-12(15)10-17(23)28/h2-5,7,9,11-12,15H,6,8,10H2,1H3,(H2,23,28)(H2,24,25,26,27). The molecule has 0 bridgehead atoms. The molecule has 1 amide bonds. The molecule has 4 rings (SSSR count). The molecule has 2 atom stereocenters. The Kier molecular flexibility index (Phi) is 5.40. The van der Waals surface area contributed by atoms with Gasteiger partial charge >= 0.3 is 0 Å². The van der Waals surface area contributed by atoms with Crippen molar-refractivity contribution in [2.24, 2.45) is 11.7 Å². The number of aromatic amines is 1. The van der Waals surface area contributed by atoms with E-state index in [9.17, 15) is 4.79 Å². The van der Waals surface area contributed by atoms with Crippen molar-refractivity contribution in [2.75, 3.05) is 12.4 Å². The molecule has 0 saturated carbocycles. The molecule has 0 saturated heterocycles. The number of methoxy groups -OCH3 is 1. The monoisotopic (exact) mass is 411 g/mol. The first kappa shape index (κ1) is 19.3. The van der Waals surface area contributed by atoms with Gasteiger partial charge in [0.1, 0.15) is 17.1 Å². The van der Waals surface area contributed by atoms with E-state index in [1.165, 1.54) is 0 Å². The van der Waals surface area contributed by atoms with Crippen LogP contribution in [-0.2, 0) is 4.79 Å². The minimum atomic E-state index is -0.303. The number of hydrogen-bond acceptors (Lipinski definition) is 5. The number of nitrogens with two attached hydrogens (primary N) is 1. The second kappa shape index (κ2) is 8.13. The Morgan fingerprint density at radius 1 is 1.34 bits per heavy atom. The van der Waals surface area contributed by atoms with E-state index >= 15 is 0 Å². The molecule has 0 spiro atoms. The highest BCUT2D eigenvalue weighted by Gasteiger charge is 2.26. The molecule has 8 heteroatoms. The lowest BCUT2D eigenvalue weighted by Crippen LogP contribution is -2.33. The van der Waals surface area contributed by atoms with Gasteiger partial charge in [-0.15, -0.1) is 0 Å². The van der Waals surface area contributed by atoms with Crippen molar-refractivity contribution < 1.29 is 9.53 Å². The summed E-state index contributed by atoms with van der Waals surface area (Å²) >= 11 is 6.48. The number of carbonyl (C=O) groups excluding carboxylic acids is 1. The first-order valence-electron chi connectivity index (χ1n) is 9.44. The molecule has 0 fully saturated rings. The zero-order valence-corrected chi connectivity index (χ0v) is 16.7. The maximum absolute atomic E-state index is 11.5. The SMILES string of the molecule is COc1ccccc1-c1nc2ncc(Cl)c(NC3CC=CCC3CC(N)=O)c2[nH]1. The number of primary amides is 1. The molecule has 1 aromatic carbocycles. The molecular weight excluding hydrogens is 390 g/mol. The molecular formula is C21H22ClN5O2. The minimum absolute atomic E-state index is 0.0358. The number of H-pyrrole nitrogens is 1. The lowest BCUT2D eigenvalue weighted by molar-refractivity contribution is -0.119. The van der Waals surface area contributed by atoms with Crippen LogP contribution in [0.25, 0.3) is 22.6 Å². The summed E-state index contributed by atoms with van der Waals surface area (Å²) in [7, 11) is 1.62. The summed E-state index contributed by atoms with van der Waals surface area (Å²) in [4.78, 5) is 23.8. The van der Waals surface area contributed by atoms with Gasteiger partial charge in [0.25, 0.3) is 0 Å². The van der Waals surface area contributed by atoms with Crippen LogP contribution in [0.5, 0.6) is 5.75 Å². The highest BCUT2D eigenvalue weighted by atomic mass is 35.5. The molecule has 1 aliphatic carbocycles. The van der Waals surface area contributed by atoms with E-state index in [0.717, 1.165) is 24.1 Å². The highest BCUT2D eigenvalue weighted by molar-refractivity contribution is 6.34. The summed E-state index contributed by atoms with van der Waals surface area (Å²) in [6.07, 6.45) is 7.68. The van der Waals surface area contributed by atoms with E-state index in [0.29, 0.717) is 34.2 Å². The summed E-state index contributed by atoms with van der Waals surface area (Å²) in [5.74, 6) is 1.16. The average Bonchev–Trinajstić information content (AvgIpc) is 3.15. The van der Waals surface area contributed by atoms with Crippen LogP contribution >= 0.6 is 11.6 Å². The fraction of sp³-hybridized carbons (Fsp3) is 0.286. The van der Waals surface area contributed by atoms with E-state index in [4.69, 9.17) is 22.1 Å². The first-order chi connectivity index (χ1) is 14.1. The third-order valence-corrected chi connectivity index (χ3v) is 5.48. The number of allylic oxidation sites excluding steroid dienone is 1.